The molecule has 0 bridgehead atoms. The van der Waals surface area contributed by atoms with Crippen LogP contribution in [-0.2, 0) is 22.7 Å². The third-order valence-corrected chi connectivity index (χ3v) is 6.23. The summed E-state index contributed by atoms with van der Waals surface area (Å²) in [5, 5.41) is 7.33. The van der Waals surface area contributed by atoms with Gasteiger partial charge in [0.25, 0.3) is 0 Å². The Morgan fingerprint density at radius 3 is 2.35 bits per heavy atom. The van der Waals surface area contributed by atoms with Crippen LogP contribution in [0.2, 0.25) is 0 Å². The van der Waals surface area contributed by atoms with E-state index in [-0.39, 0.29) is 19.0 Å². The average molecular weight is 497 g/mol. The summed E-state index contributed by atoms with van der Waals surface area (Å²) in [4.78, 5) is 26.0. The summed E-state index contributed by atoms with van der Waals surface area (Å²) in [6.45, 7) is 1.95. The molecule has 0 saturated heterocycles. The van der Waals surface area contributed by atoms with Crippen LogP contribution >= 0.6 is 0 Å². The molecule has 1 heterocycles. The van der Waals surface area contributed by atoms with Crippen LogP contribution in [0.4, 0.5) is 9.18 Å². The van der Waals surface area contributed by atoms with Crippen molar-refractivity contribution >= 4 is 22.8 Å². The van der Waals surface area contributed by atoms with E-state index in [4.69, 9.17) is 9.47 Å². The van der Waals surface area contributed by atoms with E-state index in [1.54, 1.807) is 19.1 Å². The summed E-state index contributed by atoms with van der Waals surface area (Å²) in [6, 6.07) is 25.6. The van der Waals surface area contributed by atoms with E-state index in [1.165, 1.54) is 12.1 Å². The molecule has 2 N–H and O–H groups in total. The van der Waals surface area contributed by atoms with E-state index in [2.05, 4.69) is 10.6 Å². The van der Waals surface area contributed by atoms with Crippen molar-refractivity contribution in [2.75, 3.05) is 0 Å². The minimum Gasteiger partial charge on any atom is -0.489 e. The van der Waals surface area contributed by atoms with E-state index < -0.39 is 18.0 Å². The Kier molecular flexibility index (Phi) is 6.85. The minimum atomic E-state index is -0.814. The van der Waals surface area contributed by atoms with Gasteiger partial charge < -0.3 is 20.1 Å². The van der Waals surface area contributed by atoms with Crippen LogP contribution in [-0.4, -0.2) is 12.0 Å². The Hall–Kier alpha value is -4.65. The zero-order valence-corrected chi connectivity index (χ0v) is 20.2. The molecular formula is C30H25FN2O4. The van der Waals surface area contributed by atoms with Crippen molar-refractivity contribution in [2.45, 2.75) is 26.2 Å². The molecule has 1 aliphatic heterocycles. The Morgan fingerprint density at radius 1 is 0.865 bits per heavy atom. The molecular weight excluding hydrogens is 471 g/mol. The molecule has 0 aliphatic carbocycles. The molecule has 37 heavy (non-hydrogen) atoms. The second-order valence-electron chi connectivity index (χ2n) is 8.75. The van der Waals surface area contributed by atoms with Crippen molar-refractivity contribution in [1.29, 1.82) is 0 Å². The van der Waals surface area contributed by atoms with Crippen molar-refractivity contribution in [3.05, 3.63) is 125 Å². The number of allylic oxidation sites excluding steroid dienone is 1. The first-order valence-corrected chi connectivity index (χ1v) is 11.9. The molecule has 4 aromatic rings. The molecule has 2 amide bonds. The van der Waals surface area contributed by atoms with Crippen LogP contribution in [0.5, 0.6) is 5.75 Å². The van der Waals surface area contributed by atoms with Gasteiger partial charge in [-0.05, 0) is 47.0 Å². The number of fused-ring (bicyclic) bond motifs is 1. The fraction of sp³-hybridized carbons (Fsp3) is 0.133. The zero-order chi connectivity index (χ0) is 25.8. The predicted octanol–water partition coefficient (Wildman–Crippen LogP) is 5.93. The molecule has 7 heteroatoms. The normalized spacial score (nSPS) is 15.2. The SMILES string of the molecule is CC1=C(C(=O)OCc2ccccc2)C(c2c(OCc3ccc(F)cc3)ccc3ccccc23)NC(=O)N1. The fourth-order valence-electron chi connectivity index (χ4n) is 4.42. The number of amides is 2. The molecule has 1 unspecified atom stereocenters. The Morgan fingerprint density at radius 2 is 1.57 bits per heavy atom. The summed E-state index contributed by atoms with van der Waals surface area (Å²) < 4.78 is 25.2. The van der Waals surface area contributed by atoms with Gasteiger partial charge in [-0.25, -0.2) is 14.0 Å². The van der Waals surface area contributed by atoms with Crippen LogP contribution in [0, 0.1) is 5.82 Å². The highest BCUT2D eigenvalue weighted by Crippen LogP contribution is 2.39. The summed E-state index contributed by atoms with van der Waals surface area (Å²) in [5.41, 5.74) is 2.97. The van der Waals surface area contributed by atoms with Gasteiger partial charge in [0.2, 0.25) is 0 Å². The second kappa shape index (κ2) is 10.5. The van der Waals surface area contributed by atoms with Crippen LogP contribution in [0.3, 0.4) is 0 Å². The highest BCUT2D eigenvalue weighted by molar-refractivity contribution is 5.98. The number of halogens is 1. The lowest BCUT2D eigenvalue weighted by Crippen LogP contribution is -2.45. The quantitative estimate of drug-likeness (QED) is 0.311. The standard InChI is InChI=1S/C30H25FN2O4/c1-19-26(29(34)37-18-20-7-3-2-4-8-20)28(33-30(35)32-19)27-24-10-6-5-9-22(24)13-16-25(27)36-17-21-11-14-23(31)15-12-21/h2-16,28H,17-18H2,1H3,(H2,32,33,35). The topological polar surface area (TPSA) is 76.7 Å². The van der Waals surface area contributed by atoms with Gasteiger partial charge in [0.15, 0.2) is 0 Å². The molecule has 0 saturated carbocycles. The number of carbonyl (C=O) groups excluding carboxylic acids is 2. The van der Waals surface area contributed by atoms with E-state index in [9.17, 15) is 14.0 Å². The zero-order valence-electron chi connectivity index (χ0n) is 20.2. The van der Waals surface area contributed by atoms with E-state index in [1.807, 2.05) is 66.7 Å². The van der Waals surface area contributed by atoms with Gasteiger partial charge in [-0.3, -0.25) is 0 Å². The lowest BCUT2D eigenvalue weighted by molar-refractivity contribution is -0.140. The maximum absolute atomic E-state index is 13.4. The largest absolute Gasteiger partial charge is 0.489 e. The van der Waals surface area contributed by atoms with E-state index in [0.717, 1.165) is 21.9 Å². The first-order chi connectivity index (χ1) is 18.0. The molecule has 4 aromatic carbocycles. The Balaban J connectivity index is 1.53. The summed E-state index contributed by atoms with van der Waals surface area (Å²) >= 11 is 0. The van der Waals surface area contributed by atoms with Gasteiger partial charge in [0, 0.05) is 11.3 Å². The summed E-state index contributed by atoms with van der Waals surface area (Å²) in [6.07, 6.45) is 0. The average Bonchev–Trinajstić information content (AvgIpc) is 2.91. The number of urea groups is 1. The minimum absolute atomic E-state index is 0.0978. The number of hydrogen-bond acceptors (Lipinski definition) is 4. The van der Waals surface area contributed by atoms with Crippen molar-refractivity contribution in [3.8, 4) is 5.75 Å². The summed E-state index contributed by atoms with van der Waals surface area (Å²) in [7, 11) is 0. The van der Waals surface area contributed by atoms with Crippen molar-refractivity contribution in [2.24, 2.45) is 0 Å². The lowest BCUT2D eigenvalue weighted by Gasteiger charge is -2.30. The molecule has 5 rings (SSSR count). The summed E-state index contributed by atoms with van der Waals surface area (Å²) in [5.74, 6) is -0.375. The van der Waals surface area contributed by atoms with Crippen LogP contribution < -0.4 is 15.4 Å². The van der Waals surface area contributed by atoms with Gasteiger partial charge in [0.1, 0.15) is 24.8 Å². The molecule has 0 fully saturated rings. The molecule has 0 radical (unpaired) electrons. The molecule has 186 valence electrons. The first-order valence-electron chi connectivity index (χ1n) is 11.9. The number of esters is 1. The van der Waals surface area contributed by atoms with Crippen molar-refractivity contribution in [1.82, 2.24) is 10.6 Å². The van der Waals surface area contributed by atoms with Crippen molar-refractivity contribution < 1.29 is 23.5 Å². The van der Waals surface area contributed by atoms with E-state index in [0.29, 0.717) is 22.6 Å². The second-order valence-corrected chi connectivity index (χ2v) is 8.75. The molecule has 0 aromatic heterocycles. The maximum atomic E-state index is 13.4. The Labute approximate surface area is 213 Å². The van der Waals surface area contributed by atoms with Crippen LogP contribution in [0.25, 0.3) is 10.8 Å². The van der Waals surface area contributed by atoms with Crippen LogP contribution in [0.15, 0.2) is 102 Å². The van der Waals surface area contributed by atoms with Gasteiger partial charge >= 0.3 is 12.0 Å². The van der Waals surface area contributed by atoms with Crippen molar-refractivity contribution in [3.63, 3.8) is 0 Å². The van der Waals surface area contributed by atoms with Crippen LogP contribution in [0.1, 0.15) is 29.7 Å². The first kappa shape index (κ1) is 24.1. The van der Waals surface area contributed by atoms with Gasteiger partial charge in [-0.15, -0.1) is 0 Å². The number of nitrogens with one attached hydrogen (secondary N) is 2. The number of hydrogen-bond donors (Lipinski definition) is 2. The van der Waals surface area contributed by atoms with Gasteiger partial charge in [-0.2, -0.15) is 0 Å². The smallest absolute Gasteiger partial charge is 0.338 e. The highest BCUT2D eigenvalue weighted by atomic mass is 19.1. The molecule has 6 nitrogen and oxygen atoms in total. The third kappa shape index (κ3) is 5.30. The monoisotopic (exact) mass is 496 g/mol. The maximum Gasteiger partial charge on any atom is 0.338 e. The number of carbonyl (C=O) groups is 2. The highest BCUT2D eigenvalue weighted by Gasteiger charge is 2.35. The van der Waals surface area contributed by atoms with Gasteiger partial charge in [0.05, 0.1) is 11.6 Å². The number of benzene rings is 4. The molecule has 1 atom stereocenters. The Bertz CT molecular complexity index is 1480. The lowest BCUT2D eigenvalue weighted by atomic mass is 9.90. The third-order valence-electron chi connectivity index (χ3n) is 6.23. The van der Waals surface area contributed by atoms with E-state index >= 15 is 0 Å². The molecule has 0 spiro atoms. The number of rotatable bonds is 7. The molecule has 1 aliphatic rings. The fourth-order valence-corrected chi connectivity index (χ4v) is 4.42. The predicted molar refractivity (Wildman–Crippen MR) is 138 cm³/mol. The number of ether oxygens (including phenoxy) is 2. The van der Waals surface area contributed by atoms with Gasteiger partial charge in [-0.1, -0.05) is 72.8 Å².